The van der Waals surface area contributed by atoms with Crippen molar-refractivity contribution in [3.05, 3.63) is 19.1 Å². The van der Waals surface area contributed by atoms with Gasteiger partial charge in [-0.25, -0.2) is 0 Å². The van der Waals surface area contributed by atoms with Crippen LogP contribution < -0.4 is 5.32 Å². The average Bonchev–Trinajstić information content (AvgIpc) is 1.91. The Morgan fingerprint density at radius 2 is 2.50 bits per heavy atom. The minimum absolute atomic E-state index is 0. The third-order valence-electron chi connectivity index (χ3n) is 1.63. The second-order valence-corrected chi connectivity index (χ2v) is 2.41. The maximum absolute atomic E-state index is 5.27. The van der Waals surface area contributed by atoms with Gasteiger partial charge in [-0.3, -0.25) is 6.08 Å². The smallest absolute Gasteiger partial charge is 0 e. The molecule has 0 bridgehead atoms. The molecule has 55 valence electrons. The number of rotatable bonds is 2. The summed E-state index contributed by atoms with van der Waals surface area (Å²) in [5.74, 6) is 0. The summed E-state index contributed by atoms with van der Waals surface area (Å²) in [6.45, 7) is 6.42. The third kappa shape index (κ3) is 3.85. The Labute approximate surface area is 88.5 Å². The predicted octanol–water partition coefficient (Wildman–Crippen LogP) is 1.32. The van der Waals surface area contributed by atoms with Gasteiger partial charge in [-0.1, -0.05) is 12.8 Å². The van der Waals surface area contributed by atoms with Gasteiger partial charge < -0.3 is 18.3 Å². The SMILES string of the molecule is [CH-]=CCC1[CH-]CCCN1.[Y]. The van der Waals surface area contributed by atoms with Crippen LogP contribution in [-0.4, -0.2) is 12.6 Å². The molecular weight excluding hydrogens is 199 g/mol. The second kappa shape index (κ2) is 6.51. The Morgan fingerprint density at radius 3 is 3.00 bits per heavy atom. The fourth-order valence-corrected chi connectivity index (χ4v) is 1.12. The number of piperidine rings is 1. The van der Waals surface area contributed by atoms with E-state index in [2.05, 4.69) is 11.7 Å². The molecule has 1 aliphatic heterocycles. The van der Waals surface area contributed by atoms with Gasteiger partial charge in [-0.05, 0) is 6.54 Å². The molecule has 1 atom stereocenters. The van der Waals surface area contributed by atoms with E-state index in [0.29, 0.717) is 6.04 Å². The van der Waals surface area contributed by atoms with E-state index in [0.717, 1.165) is 13.0 Å². The topological polar surface area (TPSA) is 12.0 Å². The van der Waals surface area contributed by atoms with Crippen LogP contribution in [0.15, 0.2) is 6.08 Å². The van der Waals surface area contributed by atoms with Crippen LogP contribution in [0.2, 0.25) is 0 Å². The molecule has 0 aromatic heterocycles. The molecule has 1 nitrogen and oxygen atoms in total. The maximum Gasteiger partial charge on any atom is 0 e. The first-order chi connectivity index (χ1) is 4.43. The molecule has 0 aromatic rings. The molecule has 0 spiro atoms. The Kier molecular flexibility index (Phi) is 7.03. The Hall–Kier alpha value is 0.804. The molecular formula is C8H13NY-2. The summed E-state index contributed by atoms with van der Waals surface area (Å²) >= 11 is 0. The molecule has 0 aliphatic carbocycles. The van der Waals surface area contributed by atoms with Crippen molar-refractivity contribution in [2.24, 2.45) is 0 Å². The van der Waals surface area contributed by atoms with Gasteiger partial charge >= 0.3 is 0 Å². The van der Waals surface area contributed by atoms with Crippen LogP contribution in [0.3, 0.4) is 0 Å². The van der Waals surface area contributed by atoms with Crippen molar-refractivity contribution in [1.82, 2.24) is 5.32 Å². The van der Waals surface area contributed by atoms with E-state index < -0.39 is 0 Å². The van der Waals surface area contributed by atoms with Gasteiger partial charge in [0.05, 0.1) is 0 Å². The standard InChI is InChI=1S/C8H13N.Y/c1-2-5-8-6-3-4-7-9-8;/h1-2,6,8-9H,3-5,7H2;/q-2;. The zero-order valence-corrected chi connectivity index (χ0v) is 9.05. The summed E-state index contributed by atoms with van der Waals surface area (Å²) in [4.78, 5) is 0. The van der Waals surface area contributed by atoms with Crippen LogP contribution in [0.4, 0.5) is 0 Å². The molecule has 0 amide bonds. The molecule has 1 N–H and O–H groups in total. The van der Waals surface area contributed by atoms with Gasteiger partial charge in [0.25, 0.3) is 0 Å². The molecule has 1 aliphatic rings. The van der Waals surface area contributed by atoms with E-state index in [1.807, 2.05) is 0 Å². The molecule has 1 unspecified atom stereocenters. The summed E-state index contributed by atoms with van der Waals surface area (Å²) in [6, 6.07) is 0.545. The molecule has 1 radical (unpaired) electrons. The molecule has 10 heavy (non-hydrogen) atoms. The normalized spacial score (nSPS) is 25.0. The molecule has 1 saturated heterocycles. The Bertz CT molecular complexity index is 87.3. The molecule has 0 aromatic carbocycles. The summed E-state index contributed by atoms with van der Waals surface area (Å²) < 4.78 is 0. The van der Waals surface area contributed by atoms with Gasteiger partial charge in [0.2, 0.25) is 0 Å². The van der Waals surface area contributed by atoms with Gasteiger partial charge in [-0.15, -0.1) is 6.04 Å². The van der Waals surface area contributed by atoms with Gasteiger partial charge in [-0.2, -0.15) is 6.42 Å². The summed E-state index contributed by atoms with van der Waals surface area (Å²) in [5, 5.41) is 3.35. The van der Waals surface area contributed by atoms with E-state index in [1.54, 1.807) is 6.08 Å². The molecule has 1 heterocycles. The Balaban J connectivity index is 0.000000810. The van der Waals surface area contributed by atoms with Crippen molar-refractivity contribution < 1.29 is 32.7 Å². The van der Waals surface area contributed by atoms with Crippen LogP contribution in [0.25, 0.3) is 0 Å². The fraction of sp³-hybridized carbons (Fsp3) is 0.625. The van der Waals surface area contributed by atoms with Crippen LogP contribution in [-0.2, 0) is 32.7 Å². The van der Waals surface area contributed by atoms with Gasteiger partial charge in [0, 0.05) is 32.7 Å². The maximum atomic E-state index is 5.27. The van der Waals surface area contributed by atoms with E-state index in [1.165, 1.54) is 12.8 Å². The summed E-state index contributed by atoms with van der Waals surface area (Å²) in [5.41, 5.74) is 0. The van der Waals surface area contributed by atoms with Crippen LogP contribution in [0.5, 0.6) is 0 Å². The van der Waals surface area contributed by atoms with E-state index >= 15 is 0 Å². The van der Waals surface area contributed by atoms with E-state index in [4.69, 9.17) is 6.58 Å². The monoisotopic (exact) mass is 212 g/mol. The van der Waals surface area contributed by atoms with E-state index in [9.17, 15) is 0 Å². The molecule has 1 fully saturated rings. The van der Waals surface area contributed by atoms with Crippen LogP contribution in [0, 0.1) is 13.0 Å². The predicted molar refractivity (Wildman–Crippen MR) is 38.8 cm³/mol. The molecule has 2 heteroatoms. The largest absolute Gasteiger partial charge is 0.518 e. The van der Waals surface area contributed by atoms with E-state index in [-0.39, 0.29) is 32.7 Å². The summed E-state index contributed by atoms with van der Waals surface area (Å²) in [6.07, 6.45) is 7.51. The number of nitrogens with one attached hydrogen (secondary N) is 1. The Morgan fingerprint density at radius 1 is 1.70 bits per heavy atom. The minimum atomic E-state index is 0. The van der Waals surface area contributed by atoms with Crippen molar-refractivity contribution >= 4 is 0 Å². The molecule has 0 saturated carbocycles. The van der Waals surface area contributed by atoms with Crippen molar-refractivity contribution in [3.8, 4) is 0 Å². The van der Waals surface area contributed by atoms with Crippen LogP contribution >= 0.6 is 0 Å². The first-order valence-electron chi connectivity index (χ1n) is 3.53. The van der Waals surface area contributed by atoms with Crippen molar-refractivity contribution in [3.63, 3.8) is 0 Å². The zero-order valence-electron chi connectivity index (χ0n) is 6.22. The van der Waals surface area contributed by atoms with Crippen molar-refractivity contribution in [2.75, 3.05) is 6.54 Å². The second-order valence-electron chi connectivity index (χ2n) is 2.41. The van der Waals surface area contributed by atoms with Crippen molar-refractivity contribution in [2.45, 2.75) is 25.3 Å². The summed E-state index contributed by atoms with van der Waals surface area (Å²) in [7, 11) is 0. The minimum Gasteiger partial charge on any atom is -0.518 e. The van der Waals surface area contributed by atoms with Crippen LogP contribution in [0.1, 0.15) is 19.3 Å². The number of hydrogen-bond acceptors (Lipinski definition) is 1. The van der Waals surface area contributed by atoms with Gasteiger partial charge in [0.1, 0.15) is 0 Å². The third-order valence-corrected chi connectivity index (χ3v) is 1.63. The van der Waals surface area contributed by atoms with Gasteiger partial charge in [0.15, 0.2) is 0 Å². The first-order valence-corrected chi connectivity index (χ1v) is 3.53. The fourth-order valence-electron chi connectivity index (χ4n) is 1.12. The first kappa shape index (κ1) is 10.8. The zero-order chi connectivity index (χ0) is 6.53. The van der Waals surface area contributed by atoms with Crippen molar-refractivity contribution in [1.29, 1.82) is 0 Å². The quantitative estimate of drug-likeness (QED) is 0.680. The average molecular weight is 212 g/mol. The number of hydrogen-bond donors (Lipinski definition) is 1. The molecule has 1 rings (SSSR count).